The molecule has 100 valence electrons. The summed E-state index contributed by atoms with van der Waals surface area (Å²) in [5, 5.41) is 0. The zero-order chi connectivity index (χ0) is 12.4. The van der Waals surface area contributed by atoms with Gasteiger partial charge in [0.15, 0.2) is 0 Å². The Labute approximate surface area is 106 Å². The molecule has 2 rings (SSSR count). The summed E-state index contributed by atoms with van der Waals surface area (Å²) in [6.45, 7) is 11.8. The van der Waals surface area contributed by atoms with E-state index in [-0.39, 0.29) is 0 Å². The molecule has 0 radical (unpaired) electrons. The lowest BCUT2D eigenvalue weighted by molar-refractivity contribution is 0.0539. The molecule has 0 amide bonds. The van der Waals surface area contributed by atoms with Crippen LogP contribution >= 0.6 is 0 Å². The van der Waals surface area contributed by atoms with Gasteiger partial charge in [-0.3, -0.25) is 9.80 Å². The lowest BCUT2D eigenvalue weighted by atomic mass is 10.0. The van der Waals surface area contributed by atoms with Crippen LogP contribution in [0.15, 0.2) is 0 Å². The average molecular weight is 239 g/mol. The van der Waals surface area contributed by atoms with E-state index in [1.54, 1.807) is 0 Å². The first kappa shape index (κ1) is 13.3. The molecule has 3 atom stereocenters. The van der Waals surface area contributed by atoms with Gasteiger partial charge >= 0.3 is 0 Å². The highest BCUT2D eigenvalue weighted by Gasteiger charge is 2.34. The molecule has 17 heavy (non-hydrogen) atoms. The van der Waals surface area contributed by atoms with Crippen LogP contribution in [0.25, 0.3) is 0 Å². The van der Waals surface area contributed by atoms with Crippen LogP contribution in [0.3, 0.4) is 0 Å². The van der Waals surface area contributed by atoms with E-state index >= 15 is 0 Å². The van der Waals surface area contributed by atoms with Crippen LogP contribution in [0.5, 0.6) is 0 Å². The SMILES string of the molecule is CC(C)CC(N)CN1CC2CCCN2CC1C. The Bertz CT molecular complexity index is 242. The smallest absolute Gasteiger partial charge is 0.0224 e. The van der Waals surface area contributed by atoms with Gasteiger partial charge in [-0.15, -0.1) is 0 Å². The fourth-order valence-electron chi connectivity index (χ4n) is 3.48. The van der Waals surface area contributed by atoms with E-state index in [0.29, 0.717) is 18.0 Å². The lowest BCUT2D eigenvalue weighted by Crippen LogP contribution is -2.57. The number of piperazine rings is 1. The van der Waals surface area contributed by atoms with Gasteiger partial charge in [0.25, 0.3) is 0 Å². The summed E-state index contributed by atoms with van der Waals surface area (Å²) in [7, 11) is 0. The van der Waals surface area contributed by atoms with Gasteiger partial charge in [-0.25, -0.2) is 0 Å². The molecule has 0 aromatic carbocycles. The van der Waals surface area contributed by atoms with Crippen molar-refractivity contribution in [3.05, 3.63) is 0 Å². The van der Waals surface area contributed by atoms with Crippen LogP contribution < -0.4 is 5.73 Å². The molecule has 2 fully saturated rings. The Kier molecular flexibility index (Phi) is 4.45. The molecule has 0 spiro atoms. The monoisotopic (exact) mass is 239 g/mol. The van der Waals surface area contributed by atoms with Gasteiger partial charge in [0, 0.05) is 37.8 Å². The molecule has 2 aliphatic heterocycles. The van der Waals surface area contributed by atoms with Crippen LogP contribution in [-0.4, -0.2) is 54.1 Å². The molecule has 2 saturated heterocycles. The zero-order valence-electron chi connectivity index (χ0n) is 11.7. The Balaban J connectivity index is 1.83. The topological polar surface area (TPSA) is 32.5 Å². The third-order valence-electron chi connectivity index (χ3n) is 4.31. The maximum Gasteiger partial charge on any atom is 0.0224 e. The Morgan fingerprint density at radius 1 is 1.29 bits per heavy atom. The third-order valence-corrected chi connectivity index (χ3v) is 4.31. The van der Waals surface area contributed by atoms with Crippen molar-refractivity contribution in [2.75, 3.05) is 26.2 Å². The molecule has 0 saturated carbocycles. The van der Waals surface area contributed by atoms with Crippen molar-refractivity contribution in [3.63, 3.8) is 0 Å². The quantitative estimate of drug-likeness (QED) is 0.807. The van der Waals surface area contributed by atoms with Crippen molar-refractivity contribution in [2.45, 2.75) is 58.2 Å². The highest BCUT2D eigenvalue weighted by Crippen LogP contribution is 2.24. The standard InChI is InChI=1S/C14H29N3/c1-11(2)7-13(15)9-17-10-14-5-4-6-16(14)8-12(17)3/h11-14H,4-10,15H2,1-3H3. The van der Waals surface area contributed by atoms with Crippen molar-refractivity contribution in [1.82, 2.24) is 9.80 Å². The van der Waals surface area contributed by atoms with Gasteiger partial charge in [0.1, 0.15) is 0 Å². The average Bonchev–Trinajstić information content (AvgIpc) is 2.63. The molecule has 0 aromatic heterocycles. The number of hydrogen-bond donors (Lipinski definition) is 1. The minimum Gasteiger partial charge on any atom is -0.327 e. The van der Waals surface area contributed by atoms with E-state index in [9.17, 15) is 0 Å². The van der Waals surface area contributed by atoms with Crippen LogP contribution in [0, 0.1) is 5.92 Å². The molecular formula is C14H29N3. The summed E-state index contributed by atoms with van der Waals surface area (Å²) >= 11 is 0. The second-order valence-electron chi connectivity index (χ2n) is 6.48. The number of nitrogens with two attached hydrogens (primary N) is 1. The first-order valence-corrected chi connectivity index (χ1v) is 7.30. The fraction of sp³-hybridized carbons (Fsp3) is 1.00. The maximum absolute atomic E-state index is 6.25. The summed E-state index contributed by atoms with van der Waals surface area (Å²) in [5.74, 6) is 0.716. The number of rotatable bonds is 4. The fourth-order valence-corrected chi connectivity index (χ4v) is 3.48. The second-order valence-corrected chi connectivity index (χ2v) is 6.48. The Morgan fingerprint density at radius 3 is 2.76 bits per heavy atom. The third kappa shape index (κ3) is 3.43. The molecule has 0 aromatic rings. The minimum atomic E-state index is 0.352. The van der Waals surface area contributed by atoms with Gasteiger partial charge in [-0.05, 0) is 38.6 Å². The molecular weight excluding hydrogens is 210 g/mol. The summed E-state index contributed by atoms with van der Waals surface area (Å²) in [4.78, 5) is 5.30. The van der Waals surface area contributed by atoms with Gasteiger partial charge in [0.05, 0.1) is 0 Å². The van der Waals surface area contributed by atoms with E-state index in [0.717, 1.165) is 19.0 Å². The summed E-state index contributed by atoms with van der Waals surface area (Å²) in [6, 6.07) is 1.85. The molecule has 0 bridgehead atoms. The number of nitrogens with zero attached hydrogens (tertiary/aromatic N) is 2. The summed E-state index contributed by atoms with van der Waals surface area (Å²) in [6.07, 6.45) is 3.93. The van der Waals surface area contributed by atoms with E-state index in [2.05, 4.69) is 30.6 Å². The molecule has 0 aliphatic carbocycles. The van der Waals surface area contributed by atoms with E-state index < -0.39 is 0 Å². The number of hydrogen-bond acceptors (Lipinski definition) is 3. The van der Waals surface area contributed by atoms with Gasteiger partial charge in [-0.2, -0.15) is 0 Å². The zero-order valence-corrected chi connectivity index (χ0v) is 11.7. The Hall–Kier alpha value is -0.120. The van der Waals surface area contributed by atoms with Crippen LogP contribution in [-0.2, 0) is 0 Å². The highest BCUT2D eigenvalue weighted by atomic mass is 15.3. The molecule has 2 N–H and O–H groups in total. The minimum absolute atomic E-state index is 0.352. The lowest BCUT2D eigenvalue weighted by Gasteiger charge is -2.43. The predicted molar refractivity (Wildman–Crippen MR) is 73.1 cm³/mol. The number of fused-ring (bicyclic) bond motifs is 1. The highest BCUT2D eigenvalue weighted by molar-refractivity contribution is 4.91. The largest absolute Gasteiger partial charge is 0.327 e. The van der Waals surface area contributed by atoms with Crippen molar-refractivity contribution in [3.8, 4) is 0 Å². The normalized spacial score (nSPS) is 33.0. The van der Waals surface area contributed by atoms with E-state index in [4.69, 9.17) is 5.73 Å². The molecule has 2 heterocycles. The Morgan fingerprint density at radius 2 is 2.06 bits per heavy atom. The first-order valence-electron chi connectivity index (χ1n) is 7.30. The van der Waals surface area contributed by atoms with Crippen molar-refractivity contribution < 1.29 is 0 Å². The van der Waals surface area contributed by atoms with Crippen LogP contribution in [0.1, 0.15) is 40.0 Å². The molecule has 3 unspecified atom stereocenters. The van der Waals surface area contributed by atoms with Gasteiger partial charge < -0.3 is 5.73 Å². The van der Waals surface area contributed by atoms with E-state index in [1.165, 1.54) is 32.5 Å². The summed E-state index contributed by atoms with van der Waals surface area (Å²) in [5.41, 5.74) is 6.25. The van der Waals surface area contributed by atoms with E-state index in [1.807, 2.05) is 0 Å². The molecule has 3 heteroatoms. The molecule has 2 aliphatic rings. The molecule has 3 nitrogen and oxygen atoms in total. The van der Waals surface area contributed by atoms with Crippen molar-refractivity contribution in [2.24, 2.45) is 11.7 Å². The van der Waals surface area contributed by atoms with Crippen molar-refractivity contribution in [1.29, 1.82) is 0 Å². The van der Waals surface area contributed by atoms with Crippen molar-refractivity contribution >= 4 is 0 Å². The first-order chi connectivity index (χ1) is 8.06. The van der Waals surface area contributed by atoms with Crippen LogP contribution in [0.4, 0.5) is 0 Å². The van der Waals surface area contributed by atoms with Crippen LogP contribution in [0.2, 0.25) is 0 Å². The predicted octanol–water partition coefficient (Wildman–Crippen LogP) is 1.53. The van der Waals surface area contributed by atoms with Gasteiger partial charge in [0.2, 0.25) is 0 Å². The maximum atomic E-state index is 6.25. The summed E-state index contributed by atoms with van der Waals surface area (Å²) < 4.78 is 0. The second kappa shape index (κ2) is 5.68. The van der Waals surface area contributed by atoms with Gasteiger partial charge in [-0.1, -0.05) is 13.8 Å².